The maximum absolute atomic E-state index is 12.7. The molecule has 1 fully saturated rings. The molecule has 1 saturated heterocycles. The van der Waals surface area contributed by atoms with Crippen molar-refractivity contribution < 1.29 is 14.3 Å². The Kier molecular flexibility index (Phi) is 6.30. The van der Waals surface area contributed by atoms with Gasteiger partial charge in [-0.15, -0.1) is 0 Å². The first-order valence-corrected chi connectivity index (χ1v) is 7.57. The number of amides is 2. The Morgan fingerprint density at radius 2 is 2.00 bits per heavy atom. The van der Waals surface area contributed by atoms with Crippen molar-refractivity contribution in [1.29, 1.82) is 0 Å². The summed E-state index contributed by atoms with van der Waals surface area (Å²) in [4.78, 5) is 26.1. The van der Waals surface area contributed by atoms with Gasteiger partial charge in [-0.2, -0.15) is 0 Å². The number of hydrogen-bond donors (Lipinski definition) is 1. The molecule has 1 unspecified atom stereocenters. The molecule has 1 aliphatic heterocycles. The van der Waals surface area contributed by atoms with Crippen molar-refractivity contribution in [3.05, 3.63) is 0 Å². The summed E-state index contributed by atoms with van der Waals surface area (Å²) in [7, 11) is 1.31. The lowest BCUT2D eigenvalue weighted by Gasteiger charge is -2.33. The van der Waals surface area contributed by atoms with Crippen molar-refractivity contribution in [2.45, 2.75) is 59.0 Å². The Hall–Kier alpha value is -1.26. The fraction of sp³-hybridized carbons (Fsp3) is 0.867. The summed E-state index contributed by atoms with van der Waals surface area (Å²) >= 11 is 0. The zero-order chi connectivity index (χ0) is 15.3. The highest BCUT2D eigenvalue weighted by molar-refractivity contribution is 5.86. The Balaban J connectivity index is 2.80. The molecule has 1 N–H and O–H groups in total. The molecule has 3 atom stereocenters. The number of carbonyl (C=O) groups is 2. The molecule has 5 nitrogen and oxygen atoms in total. The predicted molar refractivity (Wildman–Crippen MR) is 78.4 cm³/mol. The fourth-order valence-corrected chi connectivity index (χ4v) is 2.81. The molecule has 0 aromatic carbocycles. The SMILES string of the molecule is CCC(C)[C@@H]1CCCN1C(=O)[C@@H](NC(=O)OC)C(C)C. The number of rotatable bonds is 5. The first-order chi connectivity index (χ1) is 9.42. The van der Waals surface area contributed by atoms with Crippen molar-refractivity contribution in [2.75, 3.05) is 13.7 Å². The summed E-state index contributed by atoms with van der Waals surface area (Å²) in [6, 6.07) is -0.208. The van der Waals surface area contributed by atoms with E-state index in [9.17, 15) is 9.59 Å². The van der Waals surface area contributed by atoms with E-state index in [1.165, 1.54) is 7.11 Å². The molecule has 1 aliphatic rings. The van der Waals surface area contributed by atoms with Gasteiger partial charge in [-0.1, -0.05) is 34.1 Å². The van der Waals surface area contributed by atoms with Crippen LogP contribution in [-0.4, -0.2) is 42.6 Å². The molecule has 1 rings (SSSR count). The monoisotopic (exact) mass is 284 g/mol. The van der Waals surface area contributed by atoms with E-state index >= 15 is 0 Å². The van der Waals surface area contributed by atoms with E-state index in [-0.39, 0.29) is 11.8 Å². The molecular formula is C15H28N2O3. The van der Waals surface area contributed by atoms with E-state index in [0.29, 0.717) is 12.0 Å². The van der Waals surface area contributed by atoms with Crippen LogP contribution in [-0.2, 0) is 9.53 Å². The molecule has 2 amide bonds. The van der Waals surface area contributed by atoms with Crippen LogP contribution < -0.4 is 5.32 Å². The summed E-state index contributed by atoms with van der Waals surface area (Å²) in [6.45, 7) is 9.01. The smallest absolute Gasteiger partial charge is 0.407 e. The molecule has 20 heavy (non-hydrogen) atoms. The highest BCUT2D eigenvalue weighted by Crippen LogP contribution is 2.27. The fourth-order valence-electron chi connectivity index (χ4n) is 2.81. The van der Waals surface area contributed by atoms with Crippen LogP contribution in [0.15, 0.2) is 0 Å². The Morgan fingerprint density at radius 1 is 1.35 bits per heavy atom. The lowest BCUT2D eigenvalue weighted by atomic mass is 9.95. The standard InChI is InChI=1S/C15H28N2O3/c1-6-11(4)12-8-7-9-17(12)14(18)13(10(2)3)16-15(19)20-5/h10-13H,6-9H2,1-5H3,(H,16,19)/t11?,12-,13-/m0/s1. The van der Waals surface area contributed by atoms with Crippen LogP contribution in [0.3, 0.4) is 0 Å². The van der Waals surface area contributed by atoms with E-state index in [1.807, 2.05) is 18.7 Å². The number of methoxy groups -OCH3 is 1. The van der Waals surface area contributed by atoms with E-state index in [0.717, 1.165) is 25.8 Å². The van der Waals surface area contributed by atoms with Crippen molar-refractivity contribution in [3.8, 4) is 0 Å². The van der Waals surface area contributed by atoms with E-state index in [2.05, 4.69) is 23.9 Å². The Bertz CT molecular complexity index is 344. The molecule has 116 valence electrons. The maximum Gasteiger partial charge on any atom is 0.407 e. The molecule has 0 radical (unpaired) electrons. The van der Waals surface area contributed by atoms with Crippen LogP contribution in [0.2, 0.25) is 0 Å². The Morgan fingerprint density at radius 3 is 2.50 bits per heavy atom. The third-order valence-electron chi connectivity index (χ3n) is 4.27. The summed E-state index contributed by atoms with van der Waals surface area (Å²) in [5, 5.41) is 2.67. The maximum atomic E-state index is 12.7. The summed E-state index contributed by atoms with van der Waals surface area (Å²) < 4.78 is 4.62. The third kappa shape index (κ3) is 3.87. The molecule has 0 aromatic rings. The second kappa shape index (κ2) is 7.50. The van der Waals surface area contributed by atoms with Crippen molar-refractivity contribution in [1.82, 2.24) is 10.2 Å². The lowest BCUT2D eigenvalue weighted by molar-refractivity contribution is -0.136. The predicted octanol–water partition coefficient (Wildman–Crippen LogP) is 2.40. The summed E-state index contributed by atoms with van der Waals surface area (Å²) in [6.07, 6.45) is 2.62. The second-order valence-electron chi connectivity index (χ2n) is 5.98. The van der Waals surface area contributed by atoms with Gasteiger partial charge in [0.25, 0.3) is 0 Å². The van der Waals surface area contributed by atoms with Gasteiger partial charge in [0.05, 0.1) is 7.11 Å². The van der Waals surface area contributed by atoms with Crippen molar-refractivity contribution >= 4 is 12.0 Å². The van der Waals surface area contributed by atoms with Gasteiger partial charge in [0.2, 0.25) is 5.91 Å². The zero-order valence-corrected chi connectivity index (χ0v) is 13.3. The molecular weight excluding hydrogens is 256 g/mol. The topological polar surface area (TPSA) is 58.6 Å². The van der Waals surface area contributed by atoms with Gasteiger partial charge in [0, 0.05) is 12.6 Å². The van der Waals surface area contributed by atoms with Crippen LogP contribution in [0.1, 0.15) is 47.0 Å². The highest BCUT2D eigenvalue weighted by atomic mass is 16.5. The quantitative estimate of drug-likeness (QED) is 0.843. The number of nitrogens with zero attached hydrogens (tertiary/aromatic N) is 1. The minimum atomic E-state index is -0.545. The molecule has 0 bridgehead atoms. The third-order valence-corrected chi connectivity index (χ3v) is 4.27. The minimum Gasteiger partial charge on any atom is -0.453 e. The molecule has 0 spiro atoms. The number of hydrogen-bond acceptors (Lipinski definition) is 3. The van der Waals surface area contributed by atoms with Gasteiger partial charge in [0.1, 0.15) is 6.04 Å². The zero-order valence-electron chi connectivity index (χ0n) is 13.3. The molecule has 0 saturated carbocycles. The number of nitrogens with one attached hydrogen (secondary N) is 1. The minimum absolute atomic E-state index is 0.0215. The van der Waals surface area contributed by atoms with Crippen LogP contribution in [0.5, 0.6) is 0 Å². The molecule has 0 aliphatic carbocycles. The average molecular weight is 284 g/mol. The van der Waals surface area contributed by atoms with Gasteiger partial charge in [-0.25, -0.2) is 4.79 Å². The number of alkyl carbamates (subject to hydrolysis) is 1. The number of carbonyl (C=O) groups excluding carboxylic acids is 2. The largest absolute Gasteiger partial charge is 0.453 e. The summed E-state index contributed by atoms with van der Waals surface area (Å²) in [5.41, 5.74) is 0. The second-order valence-corrected chi connectivity index (χ2v) is 5.98. The van der Waals surface area contributed by atoms with Gasteiger partial charge in [-0.05, 0) is 24.7 Å². The van der Waals surface area contributed by atoms with Gasteiger partial charge >= 0.3 is 6.09 Å². The highest BCUT2D eigenvalue weighted by Gasteiger charge is 2.37. The van der Waals surface area contributed by atoms with Gasteiger partial charge in [0.15, 0.2) is 0 Å². The average Bonchev–Trinajstić information content (AvgIpc) is 2.91. The van der Waals surface area contributed by atoms with Gasteiger partial charge < -0.3 is 15.0 Å². The van der Waals surface area contributed by atoms with E-state index in [4.69, 9.17) is 0 Å². The van der Waals surface area contributed by atoms with Gasteiger partial charge in [-0.3, -0.25) is 4.79 Å². The van der Waals surface area contributed by atoms with Crippen LogP contribution in [0.25, 0.3) is 0 Å². The first-order valence-electron chi connectivity index (χ1n) is 7.57. The number of likely N-dealkylation sites (tertiary alicyclic amines) is 1. The molecule has 1 heterocycles. The summed E-state index contributed by atoms with van der Waals surface area (Å²) in [5.74, 6) is 0.556. The normalized spacial score (nSPS) is 21.7. The van der Waals surface area contributed by atoms with Crippen LogP contribution in [0.4, 0.5) is 4.79 Å². The number of ether oxygens (including phenoxy) is 1. The van der Waals surface area contributed by atoms with Crippen LogP contribution in [0, 0.1) is 11.8 Å². The van der Waals surface area contributed by atoms with Crippen LogP contribution >= 0.6 is 0 Å². The van der Waals surface area contributed by atoms with E-state index < -0.39 is 12.1 Å². The van der Waals surface area contributed by atoms with Crippen molar-refractivity contribution in [3.63, 3.8) is 0 Å². The lowest BCUT2D eigenvalue weighted by Crippen LogP contribution is -2.53. The van der Waals surface area contributed by atoms with E-state index in [1.54, 1.807) is 0 Å². The van der Waals surface area contributed by atoms with Crippen molar-refractivity contribution in [2.24, 2.45) is 11.8 Å². The Labute approximate surface area is 122 Å². The molecule has 0 aromatic heterocycles. The first kappa shape index (κ1) is 16.8. The molecule has 5 heteroatoms.